The number of anilines is 1. The number of nitrogens with zero attached hydrogens (tertiary/aromatic N) is 4. The summed E-state index contributed by atoms with van der Waals surface area (Å²) in [5, 5.41) is 11.1. The molecule has 1 amide bonds. The molecular formula is C18H23N7O2. The van der Waals surface area contributed by atoms with Gasteiger partial charge in [0.2, 0.25) is 5.91 Å². The molecule has 3 N–H and O–H groups in total. The zero-order valence-corrected chi connectivity index (χ0v) is 15.5. The van der Waals surface area contributed by atoms with Crippen LogP contribution < -0.4 is 15.5 Å². The molecule has 0 radical (unpaired) electrons. The Bertz CT molecular complexity index is 940. The summed E-state index contributed by atoms with van der Waals surface area (Å²) in [6, 6.07) is 3.81. The van der Waals surface area contributed by atoms with Crippen LogP contribution in [0.25, 0.3) is 11.0 Å². The Balaban J connectivity index is 1.43. The summed E-state index contributed by atoms with van der Waals surface area (Å²) in [5.41, 5.74) is 0.950. The van der Waals surface area contributed by atoms with E-state index in [0.717, 1.165) is 41.4 Å². The highest BCUT2D eigenvalue weighted by atomic mass is 16.5. The quantitative estimate of drug-likeness (QED) is 0.618. The first-order chi connectivity index (χ1) is 13.1. The first-order valence-electron chi connectivity index (χ1n) is 9.04. The minimum absolute atomic E-state index is 0.0141. The average Bonchev–Trinajstić information content (AvgIpc) is 3.34. The number of aromatic nitrogens is 4. The second-order valence-electron chi connectivity index (χ2n) is 6.87. The maximum atomic E-state index is 12.9. The van der Waals surface area contributed by atoms with E-state index in [2.05, 4.69) is 35.6 Å². The van der Waals surface area contributed by atoms with Gasteiger partial charge in [-0.25, -0.2) is 9.97 Å². The summed E-state index contributed by atoms with van der Waals surface area (Å²) >= 11 is 0. The van der Waals surface area contributed by atoms with Crippen LogP contribution in [0.4, 0.5) is 5.82 Å². The third-order valence-corrected chi connectivity index (χ3v) is 5.27. The Hall–Kier alpha value is -2.94. The molecule has 0 saturated carbocycles. The molecule has 1 saturated heterocycles. The highest BCUT2D eigenvalue weighted by molar-refractivity contribution is 5.89. The average molecular weight is 369 g/mol. The largest absolute Gasteiger partial charge is 0.361 e. The number of rotatable bonds is 5. The summed E-state index contributed by atoms with van der Waals surface area (Å²) in [7, 11) is 1.84. The molecule has 0 unspecified atom stereocenters. The van der Waals surface area contributed by atoms with E-state index in [9.17, 15) is 4.79 Å². The van der Waals surface area contributed by atoms with Crippen LogP contribution in [-0.4, -0.2) is 51.7 Å². The molecular weight excluding hydrogens is 346 g/mol. The maximum Gasteiger partial charge on any atom is 0.240 e. The van der Waals surface area contributed by atoms with Crippen LogP contribution in [-0.2, 0) is 11.3 Å². The molecule has 3 aromatic heterocycles. The SMILES string of the molecule is CNC1(C(=O)NCc2cc(C)on2)CCN(c2ncnc3[nH]ccc23)CC1. The second kappa shape index (κ2) is 6.99. The van der Waals surface area contributed by atoms with Crippen molar-refractivity contribution in [1.82, 2.24) is 30.7 Å². The van der Waals surface area contributed by atoms with Gasteiger partial charge in [-0.2, -0.15) is 0 Å². The number of fused-ring (bicyclic) bond motifs is 1. The molecule has 0 aliphatic carbocycles. The van der Waals surface area contributed by atoms with Crippen molar-refractivity contribution < 1.29 is 9.32 Å². The van der Waals surface area contributed by atoms with Crippen molar-refractivity contribution in [1.29, 1.82) is 0 Å². The van der Waals surface area contributed by atoms with Gasteiger partial charge in [0.1, 0.15) is 34.8 Å². The number of hydrogen-bond acceptors (Lipinski definition) is 7. The molecule has 9 heteroatoms. The smallest absolute Gasteiger partial charge is 0.240 e. The van der Waals surface area contributed by atoms with Crippen molar-refractivity contribution in [2.45, 2.75) is 31.8 Å². The lowest BCUT2D eigenvalue weighted by atomic mass is 9.86. The Kier molecular flexibility index (Phi) is 4.53. The fourth-order valence-electron chi connectivity index (χ4n) is 3.64. The van der Waals surface area contributed by atoms with E-state index in [0.29, 0.717) is 19.4 Å². The number of hydrogen-bond donors (Lipinski definition) is 3. The molecule has 4 heterocycles. The minimum atomic E-state index is -0.598. The van der Waals surface area contributed by atoms with Crippen LogP contribution in [0.2, 0.25) is 0 Å². The van der Waals surface area contributed by atoms with E-state index in [4.69, 9.17) is 4.52 Å². The van der Waals surface area contributed by atoms with Gasteiger partial charge in [0.25, 0.3) is 0 Å². The van der Waals surface area contributed by atoms with Gasteiger partial charge in [0.15, 0.2) is 0 Å². The molecule has 27 heavy (non-hydrogen) atoms. The van der Waals surface area contributed by atoms with Crippen molar-refractivity contribution >= 4 is 22.8 Å². The zero-order valence-electron chi connectivity index (χ0n) is 15.5. The maximum absolute atomic E-state index is 12.9. The van der Waals surface area contributed by atoms with Crippen LogP contribution in [0.3, 0.4) is 0 Å². The van der Waals surface area contributed by atoms with Gasteiger partial charge in [-0.1, -0.05) is 5.16 Å². The molecule has 3 aromatic rings. The number of piperidine rings is 1. The van der Waals surface area contributed by atoms with Crippen LogP contribution >= 0.6 is 0 Å². The number of carbonyl (C=O) groups is 1. The number of nitrogens with one attached hydrogen (secondary N) is 3. The second-order valence-corrected chi connectivity index (χ2v) is 6.87. The van der Waals surface area contributed by atoms with Gasteiger partial charge >= 0.3 is 0 Å². The van der Waals surface area contributed by atoms with Gasteiger partial charge in [-0.05, 0) is 32.9 Å². The molecule has 4 rings (SSSR count). The summed E-state index contributed by atoms with van der Waals surface area (Å²) in [5.74, 6) is 1.63. The topological polar surface area (TPSA) is 112 Å². The number of aromatic amines is 1. The molecule has 0 bridgehead atoms. The Morgan fingerprint density at radius 3 is 2.89 bits per heavy atom. The Labute approximate surface area is 156 Å². The lowest BCUT2D eigenvalue weighted by molar-refractivity contribution is -0.128. The summed E-state index contributed by atoms with van der Waals surface area (Å²) < 4.78 is 5.05. The summed E-state index contributed by atoms with van der Waals surface area (Å²) in [6.45, 7) is 3.65. The third-order valence-electron chi connectivity index (χ3n) is 5.27. The summed E-state index contributed by atoms with van der Waals surface area (Å²) in [4.78, 5) is 26.9. The van der Waals surface area contributed by atoms with Gasteiger partial charge in [-0.15, -0.1) is 0 Å². The van der Waals surface area contributed by atoms with E-state index in [-0.39, 0.29) is 5.91 Å². The van der Waals surface area contributed by atoms with Crippen LogP contribution in [0.5, 0.6) is 0 Å². The molecule has 0 aromatic carbocycles. The standard InChI is InChI=1S/C18H23N7O2/c1-12-9-13(24-27-12)10-21-17(26)18(19-2)4-7-25(8-5-18)16-14-3-6-20-15(14)22-11-23-16/h3,6,9,11,19H,4-5,7-8,10H2,1-2H3,(H,21,26)(H,20,22,23). The monoisotopic (exact) mass is 369 g/mol. The van der Waals surface area contributed by atoms with Crippen molar-refractivity contribution in [3.8, 4) is 0 Å². The Morgan fingerprint density at radius 2 is 2.19 bits per heavy atom. The number of aryl methyl sites for hydroxylation is 1. The molecule has 0 atom stereocenters. The Morgan fingerprint density at radius 1 is 1.37 bits per heavy atom. The normalized spacial score (nSPS) is 16.6. The van der Waals surface area contributed by atoms with E-state index < -0.39 is 5.54 Å². The lowest BCUT2D eigenvalue weighted by Crippen LogP contribution is -2.61. The predicted octanol–water partition coefficient (Wildman–Crippen LogP) is 1.13. The van der Waals surface area contributed by atoms with Gasteiger partial charge in [0.05, 0.1) is 11.9 Å². The van der Waals surface area contributed by atoms with Gasteiger partial charge in [0, 0.05) is 25.4 Å². The zero-order chi connectivity index (χ0) is 18.9. The molecule has 142 valence electrons. The van der Waals surface area contributed by atoms with E-state index in [1.807, 2.05) is 32.3 Å². The van der Waals surface area contributed by atoms with E-state index in [1.165, 1.54) is 0 Å². The number of H-pyrrole nitrogens is 1. The van der Waals surface area contributed by atoms with E-state index >= 15 is 0 Å². The first-order valence-corrected chi connectivity index (χ1v) is 9.04. The fraction of sp³-hybridized carbons (Fsp3) is 0.444. The van der Waals surface area contributed by atoms with Crippen molar-refractivity contribution in [3.63, 3.8) is 0 Å². The fourth-order valence-corrected chi connectivity index (χ4v) is 3.64. The lowest BCUT2D eigenvalue weighted by Gasteiger charge is -2.41. The van der Waals surface area contributed by atoms with Crippen LogP contribution in [0.15, 0.2) is 29.2 Å². The molecule has 0 spiro atoms. The summed E-state index contributed by atoms with van der Waals surface area (Å²) in [6.07, 6.45) is 4.80. The molecule has 1 fully saturated rings. The predicted molar refractivity (Wildman–Crippen MR) is 100 cm³/mol. The van der Waals surface area contributed by atoms with Gasteiger partial charge in [-0.3, -0.25) is 4.79 Å². The minimum Gasteiger partial charge on any atom is -0.361 e. The highest BCUT2D eigenvalue weighted by Crippen LogP contribution is 2.29. The van der Waals surface area contributed by atoms with Gasteiger partial charge < -0.3 is 25.0 Å². The molecule has 9 nitrogen and oxygen atoms in total. The molecule has 1 aliphatic rings. The number of likely N-dealkylation sites (N-methyl/N-ethyl adjacent to an activating group) is 1. The molecule has 1 aliphatic heterocycles. The van der Waals surface area contributed by atoms with Crippen molar-refractivity contribution in [3.05, 3.63) is 36.1 Å². The highest BCUT2D eigenvalue weighted by Gasteiger charge is 2.40. The number of amides is 1. The van der Waals surface area contributed by atoms with Crippen molar-refractivity contribution in [2.24, 2.45) is 0 Å². The van der Waals surface area contributed by atoms with Crippen LogP contribution in [0.1, 0.15) is 24.3 Å². The van der Waals surface area contributed by atoms with E-state index in [1.54, 1.807) is 6.33 Å². The third kappa shape index (κ3) is 3.25. The van der Waals surface area contributed by atoms with Crippen molar-refractivity contribution in [2.75, 3.05) is 25.0 Å². The number of carbonyl (C=O) groups excluding carboxylic acids is 1. The first kappa shape index (κ1) is 17.5. The van der Waals surface area contributed by atoms with Crippen LogP contribution in [0, 0.1) is 6.92 Å².